The number of rotatable bonds is 6. The molecular formula is C12H22N2OS. The van der Waals surface area contributed by atoms with E-state index in [1.165, 1.54) is 10.6 Å². The molecule has 1 atom stereocenters. The molecule has 0 aliphatic rings. The van der Waals surface area contributed by atoms with Gasteiger partial charge in [-0.2, -0.15) is 0 Å². The summed E-state index contributed by atoms with van der Waals surface area (Å²) >= 11 is 1.73. The number of nitrogens with two attached hydrogens (primary N) is 1. The Morgan fingerprint density at radius 1 is 1.31 bits per heavy atom. The molecular weight excluding hydrogens is 220 g/mol. The van der Waals surface area contributed by atoms with Crippen LogP contribution in [-0.2, 0) is 24.1 Å². The maximum absolute atomic E-state index is 5.74. The number of thiazole rings is 1. The topological polar surface area (TPSA) is 48.1 Å². The van der Waals surface area contributed by atoms with E-state index in [9.17, 15) is 0 Å². The zero-order valence-electron chi connectivity index (χ0n) is 10.6. The SMILES string of the molecule is COC(C)Cc1nc(CC(C)C)c(CN)s1. The summed E-state index contributed by atoms with van der Waals surface area (Å²) in [6.45, 7) is 7.07. The quantitative estimate of drug-likeness (QED) is 0.833. The zero-order chi connectivity index (χ0) is 12.1. The minimum atomic E-state index is 0.226. The molecule has 0 radical (unpaired) electrons. The molecule has 0 fully saturated rings. The van der Waals surface area contributed by atoms with E-state index in [1.54, 1.807) is 18.4 Å². The highest BCUT2D eigenvalue weighted by molar-refractivity contribution is 7.11. The van der Waals surface area contributed by atoms with Crippen LogP contribution in [0.5, 0.6) is 0 Å². The van der Waals surface area contributed by atoms with Crippen molar-refractivity contribution in [2.75, 3.05) is 7.11 Å². The first-order valence-electron chi connectivity index (χ1n) is 5.77. The second-order valence-electron chi connectivity index (χ2n) is 4.53. The van der Waals surface area contributed by atoms with Crippen molar-refractivity contribution in [1.82, 2.24) is 4.98 Å². The van der Waals surface area contributed by atoms with E-state index in [2.05, 4.69) is 25.8 Å². The lowest BCUT2D eigenvalue weighted by Crippen LogP contribution is -2.08. The Morgan fingerprint density at radius 2 is 2.00 bits per heavy atom. The fourth-order valence-electron chi connectivity index (χ4n) is 1.56. The summed E-state index contributed by atoms with van der Waals surface area (Å²) in [7, 11) is 1.73. The average Bonchev–Trinajstić information content (AvgIpc) is 2.59. The number of nitrogens with zero attached hydrogens (tertiary/aromatic N) is 1. The number of aromatic nitrogens is 1. The first kappa shape index (κ1) is 13.6. The molecule has 1 heterocycles. The Labute approximate surface area is 102 Å². The third-order valence-electron chi connectivity index (χ3n) is 2.47. The van der Waals surface area contributed by atoms with Gasteiger partial charge in [0.05, 0.1) is 16.8 Å². The Balaban J connectivity index is 2.76. The Bertz CT molecular complexity index is 323. The number of hydrogen-bond acceptors (Lipinski definition) is 4. The summed E-state index contributed by atoms with van der Waals surface area (Å²) in [4.78, 5) is 5.90. The van der Waals surface area contributed by atoms with Gasteiger partial charge in [-0.25, -0.2) is 4.98 Å². The van der Waals surface area contributed by atoms with Crippen molar-refractivity contribution in [3.05, 3.63) is 15.6 Å². The Morgan fingerprint density at radius 3 is 2.50 bits per heavy atom. The highest BCUT2D eigenvalue weighted by Gasteiger charge is 2.13. The first-order chi connectivity index (χ1) is 7.56. The normalized spacial score (nSPS) is 13.4. The predicted molar refractivity (Wildman–Crippen MR) is 68.7 cm³/mol. The molecule has 1 aromatic heterocycles. The molecule has 92 valence electrons. The molecule has 0 aliphatic heterocycles. The van der Waals surface area contributed by atoms with Crippen molar-refractivity contribution in [3.8, 4) is 0 Å². The van der Waals surface area contributed by atoms with Gasteiger partial charge in [-0.3, -0.25) is 0 Å². The third-order valence-corrected chi connectivity index (χ3v) is 3.62. The second kappa shape index (κ2) is 6.33. The van der Waals surface area contributed by atoms with Gasteiger partial charge in [-0.1, -0.05) is 13.8 Å². The van der Waals surface area contributed by atoms with Crippen molar-refractivity contribution < 1.29 is 4.74 Å². The number of methoxy groups -OCH3 is 1. The van der Waals surface area contributed by atoms with E-state index < -0.39 is 0 Å². The van der Waals surface area contributed by atoms with E-state index in [0.717, 1.165) is 17.8 Å². The standard InChI is InChI=1S/C12H22N2OS/c1-8(2)5-10-11(7-13)16-12(14-10)6-9(3)15-4/h8-9H,5-7,13H2,1-4H3. The van der Waals surface area contributed by atoms with Crippen LogP contribution in [0.4, 0.5) is 0 Å². The monoisotopic (exact) mass is 242 g/mol. The molecule has 0 spiro atoms. The highest BCUT2D eigenvalue weighted by atomic mass is 32.1. The van der Waals surface area contributed by atoms with Crippen LogP contribution in [0, 0.1) is 5.92 Å². The van der Waals surface area contributed by atoms with E-state index in [-0.39, 0.29) is 6.10 Å². The van der Waals surface area contributed by atoms with E-state index in [4.69, 9.17) is 10.5 Å². The lowest BCUT2D eigenvalue weighted by atomic mass is 10.1. The fourth-order valence-corrected chi connectivity index (χ4v) is 2.65. The molecule has 0 saturated carbocycles. The van der Waals surface area contributed by atoms with Gasteiger partial charge in [0.15, 0.2) is 0 Å². The maximum atomic E-state index is 5.74. The van der Waals surface area contributed by atoms with Crippen molar-refractivity contribution in [1.29, 1.82) is 0 Å². The molecule has 3 nitrogen and oxygen atoms in total. The minimum absolute atomic E-state index is 0.226. The van der Waals surface area contributed by atoms with Crippen LogP contribution in [-0.4, -0.2) is 18.2 Å². The van der Waals surface area contributed by atoms with Gasteiger partial charge in [0.1, 0.15) is 0 Å². The van der Waals surface area contributed by atoms with Crippen LogP contribution in [0.25, 0.3) is 0 Å². The molecule has 1 unspecified atom stereocenters. The van der Waals surface area contributed by atoms with Gasteiger partial charge >= 0.3 is 0 Å². The van der Waals surface area contributed by atoms with Crippen LogP contribution in [0.15, 0.2) is 0 Å². The summed E-state index contributed by atoms with van der Waals surface area (Å²) in [6.07, 6.45) is 2.13. The van der Waals surface area contributed by atoms with Crippen molar-refractivity contribution in [2.24, 2.45) is 11.7 Å². The summed E-state index contributed by atoms with van der Waals surface area (Å²) < 4.78 is 5.25. The summed E-state index contributed by atoms with van der Waals surface area (Å²) in [5, 5.41) is 1.14. The van der Waals surface area contributed by atoms with Gasteiger partial charge in [0.2, 0.25) is 0 Å². The maximum Gasteiger partial charge on any atom is 0.0957 e. The molecule has 0 aliphatic carbocycles. The number of hydrogen-bond donors (Lipinski definition) is 1. The molecule has 4 heteroatoms. The zero-order valence-corrected chi connectivity index (χ0v) is 11.4. The van der Waals surface area contributed by atoms with Crippen LogP contribution in [0.3, 0.4) is 0 Å². The van der Waals surface area contributed by atoms with Crippen molar-refractivity contribution in [2.45, 2.75) is 46.3 Å². The Hall–Kier alpha value is -0.450. The van der Waals surface area contributed by atoms with E-state index >= 15 is 0 Å². The smallest absolute Gasteiger partial charge is 0.0957 e. The molecule has 1 aromatic rings. The van der Waals surface area contributed by atoms with E-state index in [1.807, 2.05) is 0 Å². The van der Waals surface area contributed by atoms with Crippen molar-refractivity contribution in [3.63, 3.8) is 0 Å². The van der Waals surface area contributed by atoms with Gasteiger partial charge in [-0.15, -0.1) is 11.3 Å². The number of ether oxygens (including phenoxy) is 1. The van der Waals surface area contributed by atoms with Gasteiger partial charge < -0.3 is 10.5 Å². The van der Waals surface area contributed by atoms with Gasteiger partial charge in [-0.05, 0) is 19.3 Å². The Kier molecular flexibility index (Phi) is 5.38. The van der Waals surface area contributed by atoms with Crippen LogP contribution < -0.4 is 5.73 Å². The average molecular weight is 242 g/mol. The van der Waals surface area contributed by atoms with E-state index in [0.29, 0.717) is 12.5 Å². The molecule has 1 rings (SSSR count). The van der Waals surface area contributed by atoms with Crippen LogP contribution in [0.1, 0.15) is 36.3 Å². The second-order valence-corrected chi connectivity index (χ2v) is 5.70. The summed E-state index contributed by atoms with van der Waals surface area (Å²) in [5.74, 6) is 0.625. The third kappa shape index (κ3) is 3.85. The van der Waals surface area contributed by atoms with Crippen molar-refractivity contribution >= 4 is 11.3 Å². The lowest BCUT2D eigenvalue weighted by Gasteiger charge is -2.05. The predicted octanol–water partition coefficient (Wildman–Crippen LogP) is 2.38. The van der Waals surface area contributed by atoms with Crippen LogP contribution in [0.2, 0.25) is 0 Å². The molecule has 0 aromatic carbocycles. The van der Waals surface area contributed by atoms with Crippen LogP contribution >= 0.6 is 11.3 Å². The molecule has 2 N–H and O–H groups in total. The molecule has 0 saturated heterocycles. The molecule has 16 heavy (non-hydrogen) atoms. The fraction of sp³-hybridized carbons (Fsp3) is 0.750. The molecule has 0 amide bonds. The summed E-state index contributed by atoms with van der Waals surface area (Å²) in [6, 6.07) is 0. The van der Waals surface area contributed by atoms with Gasteiger partial charge in [0, 0.05) is 25.0 Å². The summed E-state index contributed by atoms with van der Waals surface area (Å²) in [5.41, 5.74) is 6.92. The minimum Gasteiger partial charge on any atom is -0.381 e. The first-order valence-corrected chi connectivity index (χ1v) is 6.58. The lowest BCUT2D eigenvalue weighted by molar-refractivity contribution is 0.118. The highest BCUT2D eigenvalue weighted by Crippen LogP contribution is 2.22. The molecule has 0 bridgehead atoms. The largest absolute Gasteiger partial charge is 0.381 e. The van der Waals surface area contributed by atoms with Gasteiger partial charge in [0.25, 0.3) is 0 Å².